The van der Waals surface area contributed by atoms with E-state index < -0.39 is 5.60 Å². The van der Waals surface area contributed by atoms with Gasteiger partial charge in [-0.2, -0.15) is 0 Å². The van der Waals surface area contributed by atoms with Gasteiger partial charge in [-0.1, -0.05) is 0 Å². The van der Waals surface area contributed by atoms with Crippen LogP contribution in [0, 0.1) is 0 Å². The second-order valence-corrected chi connectivity index (χ2v) is 6.09. The highest BCUT2D eigenvalue weighted by molar-refractivity contribution is 6.02. The van der Waals surface area contributed by atoms with Crippen molar-refractivity contribution in [3.8, 4) is 11.5 Å². The van der Waals surface area contributed by atoms with Gasteiger partial charge in [0.15, 0.2) is 5.60 Å². The highest BCUT2D eigenvalue weighted by Gasteiger charge is 2.35. The molecule has 0 bridgehead atoms. The van der Waals surface area contributed by atoms with Crippen molar-refractivity contribution >= 4 is 29.0 Å². The first-order valence-electron chi connectivity index (χ1n) is 7.74. The standard InChI is InChI=1S/C18H19N3O4/c1-18(2)16(22)21-14-9-6-12(10-15(14)25-18)20-17(23)19-11-4-7-13(24-3)8-5-11/h4-10H,1-3H3,(H,21,22)(H2,19,20,23). The molecule has 0 saturated carbocycles. The summed E-state index contributed by atoms with van der Waals surface area (Å²) in [5, 5.41) is 8.24. The SMILES string of the molecule is COc1ccc(NC(=O)Nc2ccc3c(c2)OC(C)(C)C(=O)N3)cc1. The number of hydrogen-bond acceptors (Lipinski definition) is 4. The number of fused-ring (bicyclic) bond motifs is 1. The normalized spacial score (nSPS) is 14.6. The number of anilines is 3. The summed E-state index contributed by atoms with van der Waals surface area (Å²) in [6.07, 6.45) is 0. The summed E-state index contributed by atoms with van der Waals surface area (Å²) in [5.74, 6) is 1.01. The van der Waals surface area contributed by atoms with Gasteiger partial charge in [0, 0.05) is 17.4 Å². The lowest BCUT2D eigenvalue weighted by Gasteiger charge is -2.31. The number of rotatable bonds is 3. The summed E-state index contributed by atoms with van der Waals surface area (Å²) in [7, 11) is 1.58. The largest absolute Gasteiger partial charge is 0.497 e. The second kappa shape index (κ2) is 6.35. The molecule has 0 radical (unpaired) electrons. The van der Waals surface area contributed by atoms with E-state index >= 15 is 0 Å². The molecule has 3 rings (SSSR count). The van der Waals surface area contributed by atoms with Crippen LogP contribution in [0.15, 0.2) is 42.5 Å². The maximum absolute atomic E-state index is 12.1. The Hall–Kier alpha value is -3.22. The fourth-order valence-electron chi connectivity index (χ4n) is 2.35. The van der Waals surface area contributed by atoms with Crippen molar-refractivity contribution in [3.05, 3.63) is 42.5 Å². The molecule has 3 amide bonds. The fraction of sp³-hybridized carbons (Fsp3) is 0.222. The van der Waals surface area contributed by atoms with Gasteiger partial charge in [0.2, 0.25) is 0 Å². The summed E-state index contributed by atoms with van der Waals surface area (Å²) in [4.78, 5) is 24.0. The Labute approximate surface area is 145 Å². The van der Waals surface area contributed by atoms with Crippen molar-refractivity contribution in [2.75, 3.05) is 23.1 Å². The summed E-state index contributed by atoms with van der Waals surface area (Å²) >= 11 is 0. The molecule has 2 aromatic rings. The Kier molecular flexibility index (Phi) is 4.22. The zero-order valence-corrected chi connectivity index (χ0v) is 14.2. The van der Waals surface area contributed by atoms with Gasteiger partial charge < -0.3 is 25.4 Å². The molecule has 0 unspecified atom stereocenters. The van der Waals surface area contributed by atoms with Gasteiger partial charge in [0.05, 0.1) is 12.8 Å². The van der Waals surface area contributed by atoms with Gasteiger partial charge in [0.25, 0.3) is 5.91 Å². The molecule has 0 spiro atoms. The van der Waals surface area contributed by atoms with Crippen molar-refractivity contribution in [2.24, 2.45) is 0 Å². The minimum absolute atomic E-state index is 0.210. The number of carbonyl (C=O) groups is 2. The maximum Gasteiger partial charge on any atom is 0.323 e. The first kappa shape index (κ1) is 16.6. The summed E-state index contributed by atoms with van der Waals surface area (Å²) in [5.41, 5.74) is 0.805. The third-order valence-corrected chi connectivity index (χ3v) is 3.75. The van der Waals surface area contributed by atoms with Gasteiger partial charge in [-0.3, -0.25) is 4.79 Å². The van der Waals surface area contributed by atoms with Crippen LogP contribution in [0.3, 0.4) is 0 Å². The first-order valence-corrected chi connectivity index (χ1v) is 7.74. The predicted octanol–water partition coefficient (Wildman–Crippen LogP) is 3.45. The fourth-order valence-corrected chi connectivity index (χ4v) is 2.35. The average Bonchev–Trinajstić information content (AvgIpc) is 2.56. The van der Waals surface area contributed by atoms with E-state index in [0.717, 1.165) is 0 Å². The van der Waals surface area contributed by atoms with Crippen LogP contribution in [0.1, 0.15) is 13.8 Å². The van der Waals surface area contributed by atoms with E-state index in [1.165, 1.54) is 0 Å². The third-order valence-electron chi connectivity index (χ3n) is 3.75. The number of amides is 3. The zero-order valence-electron chi connectivity index (χ0n) is 14.2. The quantitative estimate of drug-likeness (QED) is 0.798. The molecule has 1 heterocycles. The van der Waals surface area contributed by atoms with Gasteiger partial charge in [-0.15, -0.1) is 0 Å². The summed E-state index contributed by atoms with van der Waals surface area (Å²) in [6.45, 7) is 3.36. The predicted molar refractivity (Wildman–Crippen MR) is 95.4 cm³/mol. The number of nitrogens with one attached hydrogen (secondary N) is 3. The Morgan fingerprint density at radius 2 is 1.72 bits per heavy atom. The lowest BCUT2D eigenvalue weighted by Crippen LogP contribution is -2.45. The Bertz CT molecular complexity index is 816. The van der Waals surface area contributed by atoms with Crippen LogP contribution >= 0.6 is 0 Å². The highest BCUT2D eigenvalue weighted by atomic mass is 16.5. The van der Waals surface area contributed by atoms with E-state index in [1.54, 1.807) is 63.4 Å². The molecular weight excluding hydrogens is 322 g/mol. The van der Waals surface area contributed by atoms with Crippen LogP contribution in [0.2, 0.25) is 0 Å². The number of benzene rings is 2. The highest BCUT2D eigenvalue weighted by Crippen LogP contribution is 2.35. The van der Waals surface area contributed by atoms with Gasteiger partial charge in [-0.25, -0.2) is 4.79 Å². The zero-order chi connectivity index (χ0) is 18.0. The molecule has 7 heteroatoms. The molecular formula is C18H19N3O4. The molecule has 0 fully saturated rings. The number of methoxy groups -OCH3 is 1. The second-order valence-electron chi connectivity index (χ2n) is 6.09. The minimum atomic E-state index is -0.961. The maximum atomic E-state index is 12.1. The van der Waals surface area contributed by atoms with E-state index in [0.29, 0.717) is 28.6 Å². The van der Waals surface area contributed by atoms with Crippen LogP contribution < -0.4 is 25.4 Å². The van der Waals surface area contributed by atoms with Gasteiger partial charge >= 0.3 is 6.03 Å². The minimum Gasteiger partial charge on any atom is -0.497 e. The summed E-state index contributed by atoms with van der Waals surface area (Å²) < 4.78 is 10.8. The Morgan fingerprint density at radius 1 is 1.08 bits per heavy atom. The van der Waals surface area contributed by atoms with E-state index in [-0.39, 0.29) is 11.9 Å². The van der Waals surface area contributed by atoms with Crippen molar-refractivity contribution in [2.45, 2.75) is 19.4 Å². The Balaban J connectivity index is 1.68. The van der Waals surface area contributed by atoms with Crippen LogP contribution in [-0.4, -0.2) is 24.6 Å². The molecule has 1 aliphatic heterocycles. The third kappa shape index (κ3) is 3.65. The molecule has 7 nitrogen and oxygen atoms in total. The number of urea groups is 1. The number of ether oxygens (including phenoxy) is 2. The van der Waals surface area contributed by atoms with Gasteiger partial charge in [0.1, 0.15) is 11.5 Å². The molecule has 25 heavy (non-hydrogen) atoms. The average molecular weight is 341 g/mol. The van der Waals surface area contributed by atoms with Gasteiger partial charge in [-0.05, 0) is 50.2 Å². The topological polar surface area (TPSA) is 88.7 Å². The van der Waals surface area contributed by atoms with Crippen LogP contribution in [0.4, 0.5) is 21.9 Å². The lowest BCUT2D eigenvalue weighted by atomic mass is 10.1. The van der Waals surface area contributed by atoms with Crippen LogP contribution in [0.5, 0.6) is 11.5 Å². The molecule has 130 valence electrons. The van der Waals surface area contributed by atoms with E-state index in [9.17, 15) is 9.59 Å². The molecule has 0 aliphatic carbocycles. The van der Waals surface area contributed by atoms with Crippen molar-refractivity contribution < 1.29 is 19.1 Å². The van der Waals surface area contributed by atoms with Crippen molar-refractivity contribution in [1.29, 1.82) is 0 Å². The van der Waals surface area contributed by atoms with E-state index in [4.69, 9.17) is 9.47 Å². The van der Waals surface area contributed by atoms with E-state index in [2.05, 4.69) is 16.0 Å². The first-order chi connectivity index (χ1) is 11.9. The van der Waals surface area contributed by atoms with Crippen molar-refractivity contribution in [3.63, 3.8) is 0 Å². The smallest absolute Gasteiger partial charge is 0.323 e. The van der Waals surface area contributed by atoms with Crippen LogP contribution in [-0.2, 0) is 4.79 Å². The molecule has 3 N–H and O–H groups in total. The molecule has 0 atom stereocenters. The monoisotopic (exact) mass is 341 g/mol. The Morgan fingerprint density at radius 3 is 2.40 bits per heavy atom. The molecule has 1 aliphatic rings. The summed E-state index contributed by atoms with van der Waals surface area (Å²) in [6, 6.07) is 11.7. The van der Waals surface area contributed by atoms with Crippen molar-refractivity contribution in [1.82, 2.24) is 0 Å². The molecule has 0 aromatic heterocycles. The molecule has 0 saturated heterocycles. The number of hydrogen-bond donors (Lipinski definition) is 3. The molecule has 2 aromatic carbocycles. The number of carbonyl (C=O) groups excluding carboxylic acids is 2. The van der Waals surface area contributed by atoms with E-state index in [1.807, 2.05) is 0 Å². The lowest BCUT2D eigenvalue weighted by molar-refractivity contribution is -0.129. The van der Waals surface area contributed by atoms with Crippen LogP contribution in [0.25, 0.3) is 0 Å².